The molecule has 9 heavy (non-hydrogen) atoms. The van der Waals surface area contributed by atoms with Crippen LogP contribution in [0.5, 0.6) is 0 Å². The van der Waals surface area contributed by atoms with E-state index in [2.05, 4.69) is 0 Å². The van der Waals surface area contributed by atoms with Gasteiger partial charge in [0.05, 0.1) is 27.7 Å². The van der Waals surface area contributed by atoms with Crippen molar-refractivity contribution in [2.24, 2.45) is 0 Å². The third-order valence-electron chi connectivity index (χ3n) is 0.570. The van der Waals surface area contributed by atoms with Crippen molar-refractivity contribution >= 4 is 0 Å². The lowest BCUT2D eigenvalue weighted by Gasteiger charge is -2.20. The van der Waals surface area contributed by atoms with Gasteiger partial charge in [0.1, 0.15) is 6.61 Å². The van der Waals surface area contributed by atoms with E-state index < -0.39 is 0 Å². The van der Waals surface area contributed by atoms with Crippen LogP contribution in [-0.4, -0.2) is 44.1 Å². The van der Waals surface area contributed by atoms with Gasteiger partial charge in [0.25, 0.3) is 0 Å². The molecule has 0 saturated carbocycles. The van der Waals surface area contributed by atoms with Crippen molar-refractivity contribution < 1.29 is 38.6 Å². The highest BCUT2D eigenvalue weighted by atomic mass is 127. The zero-order chi connectivity index (χ0) is 6.62. The predicted molar refractivity (Wildman–Crippen MR) is 31.1 cm³/mol. The van der Waals surface area contributed by atoms with E-state index >= 15 is 0 Å². The first-order valence-electron chi connectivity index (χ1n) is 2.63. The summed E-state index contributed by atoms with van der Waals surface area (Å²) in [7, 11) is 5.70. The van der Waals surface area contributed by atoms with Gasteiger partial charge in [-0.15, -0.1) is 0 Å². The van der Waals surface area contributed by atoms with E-state index in [-0.39, 0.29) is 30.6 Å². The Hall–Kier alpha value is 0.610. The summed E-state index contributed by atoms with van der Waals surface area (Å²) >= 11 is 0. The minimum Gasteiger partial charge on any atom is -1.00 e. The minimum atomic E-state index is 0. The van der Waals surface area contributed by atoms with Crippen LogP contribution in [0.25, 0.3) is 0 Å². The summed E-state index contributed by atoms with van der Waals surface area (Å²) in [5.41, 5.74) is 0. The predicted octanol–water partition coefficient (Wildman–Crippen LogP) is -3.38. The first-order chi connectivity index (χ1) is 3.56. The molecular formula is C5H14INO2. The number of nitrogens with zero attached hydrogens (tertiary/aromatic N) is 1. The highest BCUT2D eigenvalue weighted by Gasteiger charge is 2.05. The summed E-state index contributed by atoms with van der Waals surface area (Å²) in [6.07, 6.45) is 0. The highest BCUT2D eigenvalue weighted by Crippen LogP contribution is 1.89. The summed E-state index contributed by atoms with van der Waals surface area (Å²) in [6, 6.07) is 0. The van der Waals surface area contributed by atoms with Crippen molar-refractivity contribution in [3.8, 4) is 0 Å². The molecule has 3 nitrogen and oxygen atoms in total. The Labute approximate surface area is 73.2 Å². The van der Waals surface area contributed by atoms with Gasteiger partial charge in [-0.25, -0.2) is 4.84 Å². The Kier molecular flexibility index (Phi) is 7.38. The molecule has 58 valence electrons. The number of hydroxylamine groups is 3. The molecule has 1 N–H and O–H groups in total. The van der Waals surface area contributed by atoms with Gasteiger partial charge < -0.3 is 29.1 Å². The Morgan fingerprint density at radius 1 is 1.33 bits per heavy atom. The van der Waals surface area contributed by atoms with E-state index in [1.807, 2.05) is 21.1 Å². The standard InChI is InChI=1S/C5H14NO2.HI/c1-6(2,3)8-5-4-7;/h7H,4-5H2,1-3H3;1H/q+1;/p-1. The molecule has 0 aliphatic carbocycles. The molecule has 0 saturated heterocycles. The maximum Gasteiger partial charge on any atom is 0.129 e. The molecule has 0 aromatic heterocycles. The lowest BCUT2D eigenvalue weighted by Crippen LogP contribution is -3.00. The van der Waals surface area contributed by atoms with Crippen LogP contribution in [0.1, 0.15) is 0 Å². The number of hydrogen-bond acceptors (Lipinski definition) is 2. The number of rotatable bonds is 3. The zero-order valence-electron chi connectivity index (χ0n) is 6.09. The van der Waals surface area contributed by atoms with Crippen LogP contribution in [0.15, 0.2) is 0 Å². The highest BCUT2D eigenvalue weighted by molar-refractivity contribution is 4.12. The molecule has 0 rings (SSSR count). The van der Waals surface area contributed by atoms with Crippen molar-refractivity contribution in [3.63, 3.8) is 0 Å². The van der Waals surface area contributed by atoms with Crippen LogP contribution in [0, 0.1) is 0 Å². The van der Waals surface area contributed by atoms with Crippen LogP contribution in [0.3, 0.4) is 0 Å². The summed E-state index contributed by atoms with van der Waals surface area (Å²) in [4.78, 5) is 5.07. The van der Waals surface area contributed by atoms with Crippen molar-refractivity contribution in [2.45, 2.75) is 0 Å². The molecular weight excluding hydrogens is 233 g/mol. The monoisotopic (exact) mass is 247 g/mol. The van der Waals surface area contributed by atoms with Crippen LogP contribution in [0.2, 0.25) is 0 Å². The van der Waals surface area contributed by atoms with Gasteiger partial charge in [-0.2, -0.15) is 4.65 Å². The average molecular weight is 247 g/mol. The largest absolute Gasteiger partial charge is 1.00 e. The first-order valence-corrected chi connectivity index (χ1v) is 2.63. The Balaban J connectivity index is 0. The second kappa shape index (κ2) is 5.40. The molecule has 0 unspecified atom stereocenters. The van der Waals surface area contributed by atoms with Gasteiger partial charge in [-0.1, -0.05) is 0 Å². The molecule has 0 heterocycles. The SMILES string of the molecule is C[N+](C)(C)OCCO.[I-]. The Morgan fingerprint density at radius 2 is 1.78 bits per heavy atom. The quantitative estimate of drug-likeness (QED) is 0.320. The molecule has 0 atom stereocenters. The number of hydrogen-bond donors (Lipinski definition) is 1. The number of halogens is 1. The topological polar surface area (TPSA) is 29.5 Å². The van der Waals surface area contributed by atoms with Crippen LogP contribution >= 0.6 is 0 Å². The maximum absolute atomic E-state index is 8.29. The van der Waals surface area contributed by atoms with E-state index in [1.165, 1.54) is 0 Å². The molecule has 0 fully saturated rings. The third-order valence-corrected chi connectivity index (χ3v) is 0.570. The van der Waals surface area contributed by atoms with Crippen LogP contribution in [0.4, 0.5) is 0 Å². The van der Waals surface area contributed by atoms with Gasteiger partial charge in [0.2, 0.25) is 0 Å². The molecule has 0 aromatic rings. The van der Waals surface area contributed by atoms with Gasteiger partial charge in [0, 0.05) is 0 Å². The van der Waals surface area contributed by atoms with Crippen LogP contribution < -0.4 is 24.0 Å². The molecule has 0 aromatic carbocycles. The lowest BCUT2D eigenvalue weighted by molar-refractivity contribution is -1.06. The lowest BCUT2D eigenvalue weighted by atomic mass is 10.8. The minimum absolute atomic E-state index is 0. The summed E-state index contributed by atoms with van der Waals surface area (Å²) in [5, 5.41) is 8.29. The maximum atomic E-state index is 8.29. The molecule has 0 radical (unpaired) electrons. The van der Waals surface area contributed by atoms with E-state index in [9.17, 15) is 0 Å². The van der Waals surface area contributed by atoms with Crippen molar-refractivity contribution in [2.75, 3.05) is 34.4 Å². The molecule has 0 aliphatic rings. The van der Waals surface area contributed by atoms with Crippen molar-refractivity contribution in [1.82, 2.24) is 0 Å². The molecule has 0 spiro atoms. The average Bonchev–Trinajstić information content (AvgIpc) is 1.59. The van der Waals surface area contributed by atoms with Crippen LogP contribution in [-0.2, 0) is 4.84 Å². The Bertz CT molecular complexity index is 62.5. The van der Waals surface area contributed by atoms with E-state index in [0.29, 0.717) is 11.3 Å². The number of aliphatic hydroxyl groups is 1. The second-order valence-corrected chi connectivity index (χ2v) is 2.45. The Morgan fingerprint density at radius 3 is 1.89 bits per heavy atom. The number of aliphatic hydroxyl groups excluding tert-OH is 1. The van der Waals surface area contributed by atoms with E-state index in [1.54, 1.807) is 0 Å². The fourth-order valence-electron chi connectivity index (χ4n) is 0.315. The van der Waals surface area contributed by atoms with E-state index in [4.69, 9.17) is 9.94 Å². The summed E-state index contributed by atoms with van der Waals surface area (Å²) in [5.74, 6) is 0. The molecule has 0 aliphatic heterocycles. The van der Waals surface area contributed by atoms with Gasteiger partial charge in [-0.3, -0.25) is 0 Å². The fourth-order valence-corrected chi connectivity index (χ4v) is 0.315. The molecule has 0 amide bonds. The van der Waals surface area contributed by atoms with Gasteiger partial charge in [-0.05, 0) is 0 Å². The smallest absolute Gasteiger partial charge is 0.129 e. The normalized spacial score (nSPS) is 10.7. The van der Waals surface area contributed by atoms with Crippen molar-refractivity contribution in [3.05, 3.63) is 0 Å². The fraction of sp³-hybridized carbons (Fsp3) is 1.00. The molecule has 0 bridgehead atoms. The first kappa shape index (κ1) is 12.3. The van der Waals surface area contributed by atoms with Crippen molar-refractivity contribution in [1.29, 1.82) is 0 Å². The zero-order valence-corrected chi connectivity index (χ0v) is 8.25. The van der Waals surface area contributed by atoms with Gasteiger partial charge >= 0.3 is 0 Å². The van der Waals surface area contributed by atoms with Gasteiger partial charge in [0.15, 0.2) is 0 Å². The summed E-state index contributed by atoms with van der Waals surface area (Å²) < 4.78 is 0.445. The third kappa shape index (κ3) is 12.0. The summed E-state index contributed by atoms with van der Waals surface area (Å²) in [6.45, 7) is 0.499. The second-order valence-electron chi connectivity index (χ2n) is 2.45. The number of quaternary nitrogens is 1. The van der Waals surface area contributed by atoms with E-state index in [0.717, 1.165) is 0 Å². The molecule has 4 heteroatoms.